The third kappa shape index (κ3) is 5.15. The van der Waals surface area contributed by atoms with E-state index in [1.165, 1.54) is 26.3 Å². The summed E-state index contributed by atoms with van der Waals surface area (Å²) >= 11 is 0. The molecule has 2 aromatic carbocycles. The summed E-state index contributed by atoms with van der Waals surface area (Å²) in [6, 6.07) is 12.8. The maximum absolute atomic E-state index is 12.5. The van der Waals surface area contributed by atoms with E-state index in [2.05, 4.69) is 0 Å². The molecule has 144 valence electrons. The van der Waals surface area contributed by atoms with Crippen LogP contribution in [0.15, 0.2) is 53.4 Å². The fraction of sp³-hybridized carbons (Fsp3) is 0.263. The molecule has 0 aromatic heterocycles. The number of Topliss-reactive ketones (excluding diaryl/α,β-unsaturated/α-hetero) is 1. The zero-order valence-corrected chi connectivity index (χ0v) is 16.2. The Morgan fingerprint density at radius 1 is 1.04 bits per heavy atom. The molecule has 8 heteroatoms. The molecule has 7 nitrogen and oxygen atoms in total. The maximum Gasteiger partial charge on any atom is 0.321 e. The van der Waals surface area contributed by atoms with E-state index in [0.29, 0.717) is 5.75 Å². The van der Waals surface area contributed by atoms with Crippen LogP contribution in [0.25, 0.3) is 0 Å². The molecule has 0 atom stereocenters. The fourth-order valence-corrected chi connectivity index (χ4v) is 3.42. The van der Waals surface area contributed by atoms with Crippen molar-refractivity contribution in [3.05, 3.63) is 59.7 Å². The number of methoxy groups -OCH3 is 1. The summed E-state index contributed by atoms with van der Waals surface area (Å²) in [6.07, 6.45) is 0. The number of esters is 1. The number of nitrogens with zero attached hydrogens (tertiary/aromatic N) is 1. The monoisotopic (exact) mass is 391 g/mol. The van der Waals surface area contributed by atoms with E-state index in [1.54, 1.807) is 36.4 Å². The highest BCUT2D eigenvalue weighted by Gasteiger charge is 2.24. The predicted octanol–water partition coefficient (Wildman–Crippen LogP) is 2.05. The van der Waals surface area contributed by atoms with E-state index in [4.69, 9.17) is 9.47 Å². The largest absolute Gasteiger partial charge is 0.496 e. The highest BCUT2D eigenvalue weighted by molar-refractivity contribution is 7.89. The second-order valence-electron chi connectivity index (χ2n) is 5.86. The van der Waals surface area contributed by atoms with E-state index < -0.39 is 34.9 Å². The van der Waals surface area contributed by atoms with Gasteiger partial charge in [-0.15, -0.1) is 0 Å². The van der Waals surface area contributed by atoms with Crippen LogP contribution in [0.5, 0.6) is 5.75 Å². The first kappa shape index (κ1) is 20.6. The van der Waals surface area contributed by atoms with E-state index in [1.807, 2.05) is 6.92 Å². The predicted molar refractivity (Wildman–Crippen MR) is 99.3 cm³/mol. The Morgan fingerprint density at radius 3 is 2.30 bits per heavy atom. The number of carbonyl (C=O) groups excluding carboxylic acids is 2. The number of sulfonamides is 1. The molecule has 27 heavy (non-hydrogen) atoms. The van der Waals surface area contributed by atoms with Crippen molar-refractivity contribution in [2.45, 2.75) is 11.8 Å². The Balaban J connectivity index is 1.96. The van der Waals surface area contributed by atoms with Crippen molar-refractivity contribution in [3.8, 4) is 5.75 Å². The minimum atomic E-state index is -3.82. The molecule has 2 aromatic rings. The second kappa shape index (κ2) is 8.79. The number of para-hydroxylation sites is 1. The van der Waals surface area contributed by atoms with Crippen molar-refractivity contribution >= 4 is 21.8 Å². The molecule has 0 aliphatic rings. The fourth-order valence-electron chi connectivity index (χ4n) is 2.30. The summed E-state index contributed by atoms with van der Waals surface area (Å²) in [5.74, 6) is -0.890. The van der Waals surface area contributed by atoms with Gasteiger partial charge in [0.2, 0.25) is 15.8 Å². The summed E-state index contributed by atoms with van der Waals surface area (Å²) in [4.78, 5) is 24.2. The number of ketones is 1. The molecule has 0 amide bonds. The molecule has 0 saturated heterocycles. The van der Waals surface area contributed by atoms with Gasteiger partial charge in [-0.05, 0) is 31.2 Å². The van der Waals surface area contributed by atoms with Crippen molar-refractivity contribution in [1.29, 1.82) is 0 Å². The second-order valence-corrected chi connectivity index (χ2v) is 7.90. The SMILES string of the molecule is COc1ccccc1C(=O)COC(=O)CN(C)S(=O)(=O)c1ccc(C)cc1. The number of carbonyl (C=O) groups is 2. The Morgan fingerprint density at radius 2 is 1.67 bits per heavy atom. The van der Waals surface area contributed by atoms with Crippen LogP contribution < -0.4 is 4.74 Å². The Kier molecular flexibility index (Phi) is 6.70. The molecule has 0 heterocycles. The van der Waals surface area contributed by atoms with Crippen LogP contribution >= 0.6 is 0 Å². The van der Waals surface area contributed by atoms with Crippen molar-refractivity contribution in [1.82, 2.24) is 4.31 Å². The van der Waals surface area contributed by atoms with Crippen LogP contribution in [0.3, 0.4) is 0 Å². The lowest BCUT2D eigenvalue weighted by molar-refractivity contribution is -0.142. The van der Waals surface area contributed by atoms with Crippen LogP contribution in [-0.4, -0.2) is 51.8 Å². The van der Waals surface area contributed by atoms with Crippen LogP contribution in [0.1, 0.15) is 15.9 Å². The molecular formula is C19H21NO6S. The topological polar surface area (TPSA) is 90.0 Å². The lowest BCUT2D eigenvalue weighted by Gasteiger charge is -2.16. The van der Waals surface area contributed by atoms with Crippen LogP contribution in [-0.2, 0) is 19.6 Å². The highest BCUT2D eigenvalue weighted by atomic mass is 32.2. The first-order valence-corrected chi connectivity index (χ1v) is 9.54. The van der Waals surface area contributed by atoms with E-state index in [9.17, 15) is 18.0 Å². The van der Waals surface area contributed by atoms with E-state index in [0.717, 1.165) is 9.87 Å². The van der Waals surface area contributed by atoms with Crippen LogP contribution in [0, 0.1) is 6.92 Å². The summed E-state index contributed by atoms with van der Waals surface area (Å²) in [7, 11) is -1.11. The minimum Gasteiger partial charge on any atom is -0.496 e. The van der Waals surface area contributed by atoms with Crippen molar-refractivity contribution < 1.29 is 27.5 Å². The average Bonchev–Trinajstić information content (AvgIpc) is 2.66. The number of hydrogen-bond donors (Lipinski definition) is 0. The van der Waals surface area contributed by atoms with Crippen LogP contribution in [0.2, 0.25) is 0 Å². The van der Waals surface area contributed by atoms with Gasteiger partial charge in [0.15, 0.2) is 6.61 Å². The standard InChI is InChI=1S/C19H21NO6S/c1-14-8-10-15(11-9-14)27(23,24)20(2)12-19(22)26-13-17(21)16-6-4-5-7-18(16)25-3/h4-11H,12-13H2,1-3H3. The lowest BCUT2D eigenvalue weighted by atomic mass is 10.1. The third-order valence-electron chi connectivity index (χ3n) is 3.85. The van der Waals surface area contributed by atoms with Gasteiger partial charge in [-0.1, -0.05) is 29.8 Å². The molecule has 0 unspecified atom stereocenters. The molecule has 0 radical (unpaired) electrons. The van der Waals surface area contributed by atoms with E-state index in [-0.39, 0.29) is 10.5 Å². The molecule has 0 bridgehead atoms. The summed E-state index contributed by atoms with van der Waals surface area (Å²) in [6.45, 7) is 0.837. The Labute approximate surface area is 158 Å². The number of benzene rings is 2. The maximum atomic E-state index is 12.5. The first-order chi connectivity index (χ1) is 12.8. The molecule has 0 N–H and O–H groups in total. The van der Waals surface area contributed by atoms with Gasteiger partial charge in [0, 0.05) is 7.05 Å². The van der Waals surface area contributed by atoms with Gasteiger partial charge in [0.25, 0.3) is 0 Å². The van der Waals surface area contributed by atoms with Gasteiger partial charge >= 0.3 is 5.97 Å². The first-order valence-electron chi connectivity index (χ1n) is 8.10. The minimum absolute atomic E-state index is 0.0773. The number of rotatable bonds is 8. The number of likely N-dealkylation sites (N-methyl/N-ethyl adjacent to an activating group) is 1. The molecule has 0 saturated carbocycles. The van der Waals surface area contributed by atoms with Gasteiger partial charge in [0.05, 0.1) is 17.6 Å². The van der Waals surface area contributed by atoms with Gasteiger partial charge < -0.3 is 9.47 Å². The lowest BCUT2D eigenvalue weighted by Crippen LogP contribution is -2.33. The number of hydrogen-bond acceptors (Lipinski definition) is 6. The summed E-state index contributed by atoms with van der Waals surface area (Å²) in [5, 5.41) is 0. The van der Waals surface area contributed by atoms with E-state index >= 15 is 0 Å². The normalized spacial score (nSPS) is 11.3. The highest BCUT2D eigenvalue weighted by Crippen LogP contribution is 2.18. The zero-order chi connectivity index (χ0) is 20.0. The van der Waals surface area contributed by atoms with Gasteiger partial charge in [0.1, 0.15) is 12.3 Å². The zero-order valence-electron chi connectivity index (χ0n) is 15.3. The quantitative estimate of drug-likeness (QED) is 0.505. The summed E-state index contributed by atoms with van der Waals surface area (Å²) < 4.78 is 35.8. The van der Waals surface area contributed by atoms with Crippen LogP contribution in [0.4, 0.5) is 0 Å². The van der Waals surface area contributed by atoms with Crippen molar-refractivity contribution in [3.63, 3.8) is 0 Å². The molecule has 0 spiro atoms. The Hall–Kier alpha value is -2.71. The van der Waals surface area contributed by atoms with Gasteiger partial charge in [-0.3, -0.25) is 9.59 Å². The molecule has 0 aliphatic carbocycles. The molecular weight excluding hydrogens is 370 g/mol. The number of ether oxygens (including phenoxy) is 2. The molecule has 0 fully saturated rings. The van der Waals surface area contributed by atoms with Gasteiger partial charge in [-0.2, -0.15) is 4.31 Å². The van der Waals surface area contributed by atoms with Gasteiger partial charge in [-0.25, -0.2) is 8.42 Å². The third-order valence-corrected chi connectivity index (χ3v) is 5.67. The van der Waals surface area contributed by atoms with Crippen molar-refractivity contribution in [2.24, 2.45) is 0 Å². The Bertz CT molecular complexity index is 921. The number of aryl methyl sites for hydroxylation is 1. The molecule has 2 rings (SSSR count). The smallest absolute Gasteiger partial charge is 0.321 e. The average molecular weight is 391 g/mol. The van der Waals surface area contributed by atoms with Crippen molar-refractivity contribution in [2.75, 3.05) is 27.3 Å². The molecule has 0 aliphatic heterocycles. The summed E-state index contributed by atoms with van der Waals surface area (Å²) in [5.41, 5.74) is 1.21.